The maximum Gasteiger partial charge on any atom is 0.0381 e. The van der Waals surface area contributed by atoms with Crippen molar-refractivity contribution < 1.29 is 0 Å². The van der Waals surface area contributed by atoms with Crippen LogP contribution in [0.2, 0.25) is 0 Å². The maximum atomic E-state index is 2.46. The van der Waals surface area contributed by atoms with Crippen molar-refractivity contribution in [2.75, 3.05) is 0 Å². The summed E-state index contributed by atoms with van der Waals surface area (Å²) in [5, 5.41) is 0.894. The van der Waals surface area contributed by atoms with E-state index in [9.17, 15) is 0 Å². The van der Waals surface area contributed by atoms with Crippen molar-refractivity contribution in [1.29, 1.82) is 0 Å². The van der Waals surface area contributed by atoms with Crippen LogP contribution in [-0.4, -0.2) is 10.00 Å². The van der Waals surface area contributed by atoms with E-state index in [2.05, 4.69) is 46.4 Å². The van der Waals surface area contributed by atoms with Crippen molar-refractivity contribution in [2.45, 2.75) is 57.5 Å². The van der Waals surface area contributed by atoms with Crippen molar-refractivity contribution in [3.8, 4) is 0 Å². The largest absolute Gasteiger partial charge is 0.148 e. The van der Waals surface area contributed by atoms with Crippen LogP contribution in [0.3, 0.4) is 0 Å². The minimum absolute atomic E-state index is 0.570. The van der Waals surface area contributed by atoms with Gasteiger partial charge in [0.25, 0.3) is 0 Å². The molecule has 0 aromatic rings. The molecule has 1 aliphatic heterocycles. The molecule has 2 rings (SSSR count). The zero-order valence-electron chi connectivity index (χ0n) is 8.90. The molecule has 12 heavy (non-hydrogen) atoms. The average Bonchev–Trinajstić information content (AvgIpc) is 2.56. The van der Waals surface area contributed by atoms with Crippen molar-refractivity contribution in [2.24, 2.45) is 10.8 Å². The number of hydrogen-bond acceptors (Lipinski definition) is 1. The van der Waals surface area contributed by atoms with E-state index in [1.165, 1.54) is 12.8 Å². The van der Waals surface area contributed by atoms with Gasteiger partial charge in [-0.1, -0.05) is 34.6 Å². The Bertz CT molecular complexity index is 199. The van der Waals surface area contributed by atoms with E-state index < -0.39 is 0 Å². The molecule has 1 spiro atoms. The lowest BCUT2D eigenvalue weighted by molar-refractivity contribution is 0.234. The van der Waals surface area contributed by atoms with Gasteiger partial charge < -0.3 is 0 Å². The van der Waals surface area contributed by atoms with Crippen molar-refractivity contribution in [1.82, 2.24) is 0 Å². The fraction of sp³-hybridized carbons (Fsp3) is 1.00. The molecular formula is C11H20S. The van der Waals surface area contributed by atoms with E-state index in [4.69, 9.17) is 0 Å². The minimum atomic E-state index is 0.570. The number of thioether (sulfide) groups is 1. The summed E-state index contributed by atoms with van der Waals surface area (Å²) in [6.07, 6.45) is 2.83. The molecule has 0 amide bonds. The Kier molecular flexibility index (Phi) is 1.53. The fourth-order valence-electron chi connectivity index (χ4n) is 3.58. The highest BCUT2D eigenvalue weighted by atomic mass is 32.2. The monoisotopic (exact) mass is 184 g/mol. The Morgan fingerprint density at radius 1 is 1.00 bits per heavy atom. The summed E-state index contributed by atoms with van der Waals surface area (Å²) in [6, 6.07) is 0. The summed E-state index contributed by atoms with van der Waals surface area (Å²) in [4.78, 5) is 0. The molecule has 0 aromatic carbocycles. The normalized spacial score (nSPS) is 40.2. The zero-order chi connectivity index (χ0) is 9.20. The second-order valence-electron chi connectivity index (χ2n) is 5.76. The van der Waals surface area contributed by atoms with Gasteiger partial charge in [-0.25, -0.2) is 0 Å². The number of rotatable bonds is 0. The Balaban J connectivity index is 2.38. The number of hydrogen-bond donors (Lipinski definition) is 0. The van der Waals surface area contributed by atoms with Crippen LogP contribution < -0.4 is 0 Å². The molecule has 0 N–H and O–H groups in total. The Hall–Kier alpha value is 0.350. The van der Waals surface area contributed by atoms with Crippen molar-refractivity contribution >= 4 is 11.8 Å². The first-order chi connectivity index (χ1) is 5.33. The molecule has 1 unspecified atom stereocenters. The first-order valence-corrected chi connectivity index (χ1v) is 5.89. The lowest BCUT2D eigenvalue weighted by atomic mass is 9.71. The van der Waals surface area contributed by atoms with Crippen LogP contribution in [0.15, 0.2) is 0 Å². The summed E-state index contributed by atoms with van der Waals surface area (Å²) in [7, 11) is 0. The van der Waals surface area contributed by atoms with E-state index in [1.807, 2.05) is 0 Å². The third-order valence-corrected chi connectivity index (χ3v) is 6.55. The average molecular weight is 184 g/mol. The van der Waals surface area contributed by atoms with E-state index >= 15 is 0 Å². The first kappa shape index (κ1) is 8.93. The van der Waals surface area contributed by atoms with Gasteiger partial charge in [0.05, 0.1) is 0 Å². The maximum absolute atomic E-state index is 2.46. The highest BCUT2D eigenvalue weighted by molar-refractivity contribution is 8.08. The quantitative estimate of drug-likeness (QED) is 0.517. The van der Waals surface area contributed by atoms with Gasteiger partial charge in [-0.05, 0) is 23.7 Å². The van der Waals surface area contributed by atoms with Crippen LogP contribution in [0.1, 0.15) is 47.5 Å². The van der Waals surface area contributed by atoms with Crippen LogP contribution in [-0.2, 0) is 0 Å². The summed E-state index contributed by atoms with van der Waals surface area (Å²) in [5.74, 6) is 0. The van der Waals surface area contributed by atoms with Gasteiger partial charge >= 0.3 is 0 Å². The Morgan fingerprint density at radius 2 is 1.33 bits per heavy atom. The molecule has 1 atom stereocenters. The van der Waals surface area contributed by atoms with Crippen LogP contribution in [0.25, 0.3) is 0 Å². The van der Waals surface area contributed by atoms with Gasteiger partial charge in [0, 0.05) is 10.00 Å². The smallest absolute Gasteiger partial charge is 0.0381 e. The molecule has 0 aromatic heterocycles. The van der Waals surface area contributed by atoms with Crippen molar-refractivity contribution in [3.05, 3.63) is 0 Å². The highest BCUT2D eigenvalue weighted by Gasteiger charge is 2.71. The third-order valence-electron chi connectivity index (χ3n) is 4.26. The summed E-state index contributed by atoms with van der Waals surface area (Å²) in [6.45, 7) is 12.2. The molecule has 1 aliphatic carbocycles. The second kappa shape index (κ2) is 2.05. The molecule has 1 saturated carbocycles. The van der Waals surface area contributed by atoms with E-state index in [0.29, 0.717) is 15.6 Å². The van der Waals surface area contributed by atoms with Crippen LogP contribution in [0.5, 0.6) is 0 Å². The first-order valence-electron chi connectivity index (χ1n) is 5.01. The fourth-order valence-corrected chi connectivity index (χ4v) is 5.55. The molecule has 2 fully saturated rings. The van der Waals surface area contributed by atoms with Gasteiger partial charge in [0.2, 0.25) is 0 Å². The molecule has 70 valence electrons. The second-order valence-corrected chi connectivity index (χ2v) is 7.35. The van der Waals surface area contributed by atoms with Gasteiger partial charge in [0.1, 0.15) is 0 Å². The third kappa shape index (κ3) is 0.767. The molecule has 0 bridgehead atoms. The van der Waals surface area contributed by atoms with Gasteiger partial charge in [-0.2, -0.15) is 0 Å². The molecular weight excluding hydrogens is 164 g/mol. The highest BCUT2D eigenvalue weighted by Crippen LogP contribution is 2.76. The van der Waals surface area contributed by atoms with Gasteiger partial charge in [-0.3, -0.25) is 0 Å². The van der Waals surface area contributed by atoms with E-state index in [0.717, 1.165) is 5.25 Å². The topological polar surface area (TPSA) is 0 Å². The molecule has 2 aliphatic rings. The lowest BCUT2D eigenvalue weighted by Crippen LogP contribution is -2.38. The SMILES string of the molecule is CC1SC12C(C)(C)CCC2(C)C. The Labute approximate surface area is 80.5 Å². The standard InChI is InChI=1S/C11H20S/c1-8-11(12-8)9(2,3)6-7-10(11,4)5/h8H,6-7H2,1-5H3. The van der Waals surface area contributed by atoms with E-state index in [1.54, 1.807) is 0 Å². The van der Waals surface area contributed by atoms with Gasteiger partial charge in [0.15, 0.2) is 0 Å². The van der Waals surface area contributed by atoms with Crippen molar-refractivity contribution in [3.63, 3.8) is 0 Å². The predicted molar refractivity (Wildman–Crippen MR) is 56.6 cm³/mol. The molecule has 1 heterocycles. The van der Waals surface area contributed by atoms with Gasteiger partial charge in [-0.15, -0.1) is 11.8 Å². The Morgan fingerprint density at radius 3 is 1.50 bits per heavy atom. The molecule has 1 heteroatoms. The summed E-state index contributed by atoms with van der Waals surface area (Å²) < 4.78 is 0.611. The van der Waals surface area contributed by atoms with Crippen LogP contribution >= 0.6 is 11.8 Å². The molecule has 0 radical (unpaired) electrons. The zero-order valence-corrected chi connectivity index (χ0v) is 9.72. The minimum Gasteiger partial charge on any atom is -0.148 e. The molecule has 0 nitrogen and oxygen atoms in total. The lowest BCUT2D eigenvalue weighted by Gasteiger charge is -2.35. The van der Waals surface area contributed by atoms with Crippen LogP contribution in [0.4, 0.5) is 0 Å². The summed E-state index contributed by atoms with van der Waals surface area (Å²) >= 11 is 2.22. The van der Waals surface area contributed by atoms with E-state index in [-0.39, 0.29) is 0 Å². The predicted octanol–water partition coefficient (Wildman–Crippen LogP) is 3.71. The molecule has 1 saturated heterocycles. The van der Waals surface area contributed by atoms with Crippen LogP contribution in [0, 0.1) is 10.8 Å². The summed E-state index contributed by atoms with van der Waals surface area (Å²) in [5.41, 5.74) is 1.14.